The fourth-order valence-electron chi connectivity index (χ4n) is 2.71. The molecule has 1 heterocycles. The largest absolute Gasteiger partial charge is 0.355 e. The highest BCUT2D eigenvalue weighted by Gasteiger charge is 2.05. The van der Waals surface area contributed by atoms with E-state index < -0.39 is 0 Å². The highest BCUT2D eigenvalue weighted by molar-refractivity contribution is 5.80. The van der Waals surface area contributed by atoms with Crippen LogP contribution < -0.4 is 10.6 Å². The molecule has 0 aliphatic rings. The number of amides is 2. The molecule has 0 saturated carbocycles. The zero-order chi connectivity index (χ0) is 19.6. The second-order valence-corrected chi connectivity index (χ2v) is 6.45. The number of carbonyl (C=O) groups excluding carboxylic acids is 2. The lowest BCUT2D eigenvalue weighted by molar-refractivity contribution is -0.122. The third-order valence-electron chi connectivity index (χ3n) is 4.21. The first-order chi connectivity index (χ1) is 13.7. The molecule has 7 nitrogen and oxygen atoms in total. The van der Waals surface area contributed by atoms with E-state index in [9.17, 15) is 9.59 Å². The molecular formula is C21H23N5O2. The molecule has 0 atom stereocenters. The van der Waals surface area contributed by atoms with Gasteiger partial charge in [0.25, 0.3) is 0 Å². The molecular weight excluding hydrogens is 354 g/mol. The van der Waals surface area contributed by atoms with Gasteiger partial charge in [-0.1, -0.05) is 54.6 Å². The Morgan fingerprint density at radius 3 is 2.32 bits per heavy atom. The summed E-state index contributed by atoms with van der Waals surface area (Å²) in [7, 11) is 0. The van der Waals surface area contributed by atoms with E-state index in [-0.39, 0.29) is 18.2 Å². The first-order valence-electron chi connectivity index (χ1n) is 9.16. The third kappa shape index (κ3) is 6.35. The van der Waals surface area contributed by atoms with E-state index in [0.29, 0.717) is 26.1 Å². The van der Waals surface area contributed by atoms with Gasteiger partial charge in [0.15, 0.2) is 0 Å². The van der Waals surface area contributed by atoms with Crippen LogP contribution in [0.2, 0.25) is 0 Å². The van der Waals surface area contributed by atoms with E-state index in [4.69, 9.17) is 0 Å². The van der Waals surface area contributed by atoms with E-state index in [0.717, 1.165) is 16.7 Å². The summed E-state index contributed by atoms with van der Waals surface area (Å²) in [6, 6.07) is 17.5. The minimum absolute atomic E-state index is 0.0815. The number of rotatable bonds is 9. The standard InChI is InChI=1S/C21H23N5O2/c27-20(10-11-23-21(28)12-17-4-2-1-3-5-17)24-13-18-6-8-19(9-7-18)14-26-16-22-15-25-26/h1-9,15-16H,10-14H2,(H,23,28)(H,24,27). The number of nitrogens with zero attached hydrogens (tertiary/aromatic N) is 3. The molecule has 0 unspecified atom stereocenters. The van der Waals surface area contributed by atoms with Gasteiger partial charge < -0.3 is 10.6 Å². The minimum Gasteiger partial charge on any atom is -0.355 e. The van der Waals surface area contributed by atoms with E-state index >= 15 is 0 Å². The summed E-state index contributed by atoms with van der Waals surface area (Å²) in [6.07, 6.45) is 3.76. The molecule has 144 valence electrons. The van der Waals surface area contributed by atoms with Crippen LogP contribution in [0.5, 0.6) is 0 Å². The number of carbonyl (C=O) groups is 2. The highest BCUT2D eigenvalue weighted by atomic mass is 16.2. The van der Waals surface area contributed by atoms with Crippen molar-refractivity contribution in [3.63, 3.8) is 0 Å². The van der Waals surface area contributed by atoms with Gasteiger partial charge in [-0.25, -0.2) is 9.67 Å². The number of hydrogen-bond acceptors (Lipinski definition) is 4. The Morgan fingerprint density at radius 1 is 0.857 bits per heavy atom. The maximum atomic E-state index is 12.0. The minimum atomic E-state index is -0.0910. The predicted octanol–water partition coefficient (Wildman–Crippen LogP) is 1.69. The lowest BCUT2D eigenvalue weighted by Gasteiger charge is -2.08. The van der Waals surface area contributed by atoms with Crippen molar-refractivity contribution >= 4 is 11.8 Å². The SMILES string of the molecule is O=C(CCNC(=O)Cc1ccccc1)NCc1ccc(Cn2cncn2)cc1. The normalized spacial score (nSPS) is 10.4. The zero-order valence-corrected chi connectivity index (χ0v) is 15.5. The molecule has 2 aromatic carbocycles. The van der Waals surface area contributed by atoms with Crippen molar-refractivity contribution in [2.75, 3.05) is 6.54 Å². The molecule has 7 heteroatoms. The summed E-state index contributed by atoms with van der Waals surface area (Å²) < 4.78 is 1.75. The molecule has 1 aromatic heterocycles. The summed E-state index contributed by atoms with van der Waals surface area (Å²) in [5, 5.41) is 9.72. The van der Waals surface area contributed by atoms with Crippen LogP contribution in [0.3, 0.4) is 0 Å². The molecule has 2 amide bonds. The molecule has 0 bridgehead atoms. The van der Waals surface area contributed by atoms with Crippen LogP contribution in [0.1, 0.15) is 23.1 Å². The van der Waals surface area contributed by atoms with Gasteiger partial charge in [-0.15, -0.1) is 0 Å². The van der Waals surface area contributed by atoms with Crippen LogP contribution in [0.25, 0.3) is 0 Å². The van der Waals surface area contributed by atoms with Crippen molar-refractivity contribution in [3.05, 3.63) is 83.9 Å². The lowest BCUT2D eigenvalue weighted by atomic mass is 10.1. The fraction of sp³-hybridized carbons (Fsp3) is 0.238. The Hall–Kier alpha value is -3.48. The van der Waals surface area contributed by atoms with E-state index in [1.807, 2.05) is 54.6 Å². The Balaban J connectivity index is 1.33. The van der Waals surface area contributed by atoms with E-state index in [2.05, 4.69) is 20.7 Å². The van der Waals surface area contributed by atoms with E-state index in [1.165, 1.54) is 6.33 Å². The van der Waals surface area contributed by atoms with Crippen LogP contribution in [0.15, 0.2) is 67.3 Å². The maximum Gasteiger partial charge on any atom is 0.224 e. The average molecular weight is 377 g/mol. The average Bonchev–Trinajstić information content (AvgIpc) is 3.21. The Morgan fingerprint density at radius 2 is 1.61 bits per heavy atom. The van der Waals surface area contributed by atoms with Crippen LogP contribution in [0, 0.1) is 0 Å². The molecule has 3 rings (SSSR count). The Bertz CT molecular complexity index is 877. The Kier molecular flexibility index (Phi) is 6.89. The first-order valence-corrected chi connectivity index (χ1v) is 9.16. The topological polar surface area (TPSA) is 88.9 Å². The zero-order valence-electron chi connectivity index (χ0n) is 15.5. The highest BCUT2D eigenvalue weighted by Crippen LogP contribution is 2.06. The van der Waals surface area contributed by atoms with Crippen LogP contribution in [-0.2, 0) is 29.1 Å². The molecule has 3 aromatic rings. The summed E-state index contributed by atoms with van der Waals surface area (Å²) >= 11 is 0. The Labute approximate surface area is 163 Å². The number of aromatic nitrogens is 3. The van der Waals surface area contributed by atoms with Crippen molar-refractivity contribution < 1.29 is 9.59 Å². The van der Waals surface area contributed by atoms with Crippen LogP contribution >= 0.6 is 0 Å². The smallest absolute Gasteiger partial charge is 0.224 e. The van der Waals surface area contributed by atoms with Crippen molar-refractivity contribution in [2.45, 2.75) is 25.9 Å². The monoisotopic (exact) mass is 377 g/mol. The molecule has 28 heavy (non-hydrogen) atoms. The van der Waals surface area contributed by atoms with Gasteiger partial charge in [-0.3, -0.25) is 9.59 Å². The molecule has 0 saturated heterocycles. The lowest BCUT2D eigenvalue weighted by Crippen LogP contribution is -2.31. The summed E-state index contributed by atoms with van der Waals surface area (Å²) in [4.78, 5) is 27.7. The second kappa shape index (κ2) is 10.0. The molecule has 2 N–H and O–H groups in total. The molecule has 0 aliphatic heterocycles. The number of benzene rings is 2. The summed E-state index contributed by atoms with van der Waals surface area (Å²) in [5.41, 5.74) is 3.09. The van der Waals surface area contributed by atoms with Gasteiger partial charge >= 0.3 is 0 Å². The molecule has 0 aliphatic carbocycles. The van der Waals surface area contributed by atoms with E-state index in [1.54, 1.807) is 11.0 Å². The predicted molar refractivity (Wildman–Crippen MR) is 105 cm³/mol. The molecule has 0 spiro atoms. The second-order valence-electron chi connectivity index (χ2n) is 6.45. The summed E-state index contributed by atoms with van der Waals surface area (Å²) in [6.45, 7) is 1.45. The summed E-state index contributed by atoms with van der Waals surface area (Å²) in [5.74, 6) is -0.173. The van der Waals surface area contributed by atoms with Crippen molar-refractivity contribution in [3.8, 4) is 0 Å². The van der Waals surface area contributed by atoms with Gasteiger partial charge in [0.2, 0.25) is 11.8 Å². The molecule has 0 radical (unpaired) electrons. The maximum absolute atomic E-state index is 12.0. The molecule has 0 fully saturated rings. The number of nitrogens with one attached hydrogen (secondary N) is 2. The van der Waals surface area contributed by atoms with Gasteiger partial charge in [-0.05, 0) is 16.7 Å². The van der Waals surface area contributed by atoms with Gasteiger partial charge in [0.05, 0.1) is 13.0 Å². The van der Waals surface area contributed by atoms with Gasteiger partial charge in [0.1, 0.15) is 12.7 Å². The van der Waals surface area contributed by atoms with Crippen LogP contribution in [0.4, 0.5) is 0 Å². The number of hydrogen-bond donors (Lipinski definition) is 2. The fourth-order valence-corrected chi connectivity index (χ4v) is 2.71. The first kappa shape index (κ1) is 19.3. The van der Waals surface area contributed by atoms with Crippen molar-refractivity contribution in [1.82, 2.24) is 25.4 Å². The van der Waals surface area contributed by atoms with Gasteiger partial charge in [-0.2, -0.15) is 5.10 Å². The third-order valence-corrected chi connectivity index (χ3v) is 4.21. The van der Waals surface area contributed by atoms with Crippen LogP contribution in [-0.4, -0.2) is 33.1 Å². The van der Waals surface area contributed by atoms with Gasteiger partial charge in [0, 0.05) is 19.5 Å². The van der Waals surface area contributed by atoms with Crippen molar-refractivity contribution in [1.29, 1.82) is 0 Å². The van der Waals surface area contributed by atoms with Crippen molar-refractivity contribution in [2.24, 2.45) is 0 Å². The quantitative estimate of drug-likeness (QED) is 0.594.